The Morgan fingerprint density at radius 1 is 0.917 bits per heavy atom. The number of halogens is 1. The summed E-state index contributed by atoms with van der Waals surface area (Å²) < 4.78 is 13.0. The number of likely N-dealkylation sites (tertiary alicyclic amines) is 1. The Labute approximate surface area is 143 Å². The van der Waals surface area contributed by atoms with Gasteiger partial charge in [0, 0.05) is 37.9 Å². The summed E-state index contributed by atoms with van der Waals surface area (Å²) in [5.41, 5.74) is 4.20. The van der Waals surface area contributed by atoms with Gasteiger partial charge >= 0.3 is 0 Å². The van der Waals surface area contributed by atoms with E-state index >= 15 is 0 Å². The van der Waals surface area contributed by atoms with Crippen LogP contribution < -0.4 is 4.90 Å². The highest BCUT2D eigenvalue weighted by atomic mass is 19.1. The van der Waals surface area contributed by atoms with Crippen molar-refractivity contribution >= 4 is 5.69 Å². The van der Waals surface area contributed by atoms with Crippen LogP contribution in [0.1, 0.15) is 24.0 Å². The first-order valence-corrected chi connectivity index (χ1v) is 9.11. The third-order valence-corrected chi connectivity index (χ3v) is 5.55. The average Bonchev–Trinajstić information content (AvgIpc) is 3.06. The molecule has 0 aliphatic carbocycles. The smallest absolute Gasteiger partial charge is 0.123 e. The molecule has 0 spiro atoms. The lowest BCUT2D eigenvalue weighted by Crippen LogP contribution is -2.44. The van der Waals surface area contributed by atoms with Crippen molar-refractivity contribution in [2.75, 3.05) is 31.1 Å². The minimum atomic E-state index is -0.148. The Balaban J connectivity index is 1.29. The molecular formula is C21H25FN2. The van der Waals surface area contributed by atoms with Crippen LogP contribution in [0.2, 0.25) is 0 Å². The summed E-state index contributed by atoms with van der Waals surface area (Å²) in [6, 6.07) is 16.5. The molecule has 0 unspecified atom stereocenters. The fourth-order valence-electron chi connectivity index (χ4n) is 4.14. The van der Waals surface area contributed by atoms with Gasteiger partial charge < -0.3 is 9.80 Å². The Bertz CT molecular complexity index is 674. The number of piperidine rings is 1. The summed E-state index contributed by atoms with van der Waals surface area (Å²) in [5.74, 6) is -0.148. The summed E-state index contributed by atoms with van der Waals surface area (Å²) in [7, 11) is 0. The largest absolute Gasteiger partial charge is 0.368 e. The zero-order valence-electron chi connectivity index (χ0n) is 14.1. The number of fused-ring (bicyclic) bond motifs is 1. The van der Waals surface area contributed by atoms with Crippen LogP contribution in [0.4, 0.5) is 10.1 Å². The molecule has 3 heteroatoms. The molecule has 126 valence electrons. The quantitative estimate of drug-likeness (QED) is 0.842. The number of benzene rings is 2. The van der Waals surface area contributed by atoms with Gasteiger partial charge in [-0.25, -0.2) is 4.39 Å². The third kappa shape index (κ3) is 3.32. The average molecular weight is 324 g/mol. The van der Waals surface area contributed by atoms with E-state index in [4.69, 9.17) is 0 Å². The molecule has 2 heterocycles. The van der Waals surface area contributed by atoms with Gasteiger partial charge in [-0.05, 0) is 55.0 Å². The summed E-state index contributed by atoms with van der Waals surface area (Å²) >= 11 is 0. The van der Waals surface area contributed by atoms with Gasteiger partial charge in [0.05, 0.1) is 0 Å². The maximum absolute atomic E-state index is 13.0. The van der Waals surface area contributed by atoms with Crippen LogP contribution in [-0.4, -0.2) is 37.1 Å². The topological polar surface area (TPSA) is 6.48 Å². The molecule has 24 heavy (non-hydrogen) atoms. The molecule has 2 aromatic rings. The van der Waals surface area contributed by atoms with Crippen molar-refractivity contribution in [3.63, 3.8) is 0 Å². The van der Waals surface area contributed by atoms with Gasteiger partial charge in [0.25, 0.3) is 0 Å². The highest BCUT2D eigenvalue weighted by molar-refractivity contribution is 5.58. The minimum Gasteiger partial charge on any atom is -0.368 e. The van der Waals surface area contributed by atoms with Crippen molar-refractivity contribution in [1.82, 2.24) is 4.90 Å². The SMILES string of the molecule is Fc1ccc(CCN2CCC(N3CCc4ccccc43)CC2)cc1. The first kappa shape index (κ1) is 15.6. The second kappa shape index (κ2) is 6.94. The second-order valence-electron chi connectivity index (χ2n) is 7.02. The molecule has 1 saturated heterocycles. The lowest BCUT2D eigenvalue weighted by Gasteiger charge is -2.38. The summed E-state index contributed by atoms with van der Waals surface area (Å²) in [5, 5.41) is 0. The van der Waals surface area contributed by atoms with Crippen molar-refractivity contribution in [3.8, 4) is 0 Å². The summed E-state index contributed by atoms with van der Waals surface area (Å²) in [4.78, 5) is 5.19. The highest BCUT2D eigenvalue weighted by Gasteiger charge is 2.28. The van der Waals surface area contributed by atoms with E-state index in [0.717, 1.165) is 13.0 Å². The van der Waals surface area contributed by atoms with Crippen LogP contribution in [0.3, 0.4) is 0 Å². The highest BCUT2D eigenvalue weighted by Crippen LogP contribution is 2.32. The van der Waals surface area contributed by atoms with Crippen LogP contribution in [0.15, 0.2) is 48.5 Å². The molecule has 2 aliphatic heterocycles. The van der Waals surface area contributed by atoms with E-state index in [1.54, 1.807) is 12.1 Å². The molecule has 4 rings (SSSR count). The van der Waals surface area contributed by atoms with Gasteiger partial charge in [-0.2, -0.15) is 0 Å². The minimum absolute atomic E-state index is 0.148. The lowest BCUT2D eigenvalue weighted by atomic mass is 10.0. The van der Waals surface area contributed by atoms with Crippen LogP contribution in [0, 0.1) is 5.82 Å². The van der Waals surface area contributed by atoms with Crippen molar-refractivity contribution in [2.45, 2.75) is 31.7 Å². The molecule has 2 aromatic carbocycles. The van der Waals surface area contributed by atoms with E-state index in [0.29, 0.717) is 6.04 Å². The van der Waals surface area contributed by atoms with Gasteiger partial charge in [0.15, 0.2) is 0 Å². The Hall–Kier alpha value is -1.87. The van der Waals surface area contributed by atoms with E-state index < -0.39 is 0 Å². The van der Waals surface area contributed by atoms with Crippen LogP contribution >= 0.6 is 0 Å². The molecule has 0 amide bonds. The van der Waals surface area contributed by atoms with Gasteiger partial charge in [-0.3, -0.25) is 0 Å². The van der Waals surface area contributed by atoms with E-state index in [9.17, 15) is 4.39 Å². The van der Waals surface area contributed by atoms with Gasteiger partial charge in [0.1, 0.15) is 5.82 Å². The van der Waals surface area contributed by atoms with Crippen molar-refractivity contribution in [1.29, 1.82) is 0 Å². The van der Waals surface area contributed by atoms with Crippen LogP contribution in [0.5, 0.6) is 0 Å². The van der Waals surface area contributed by atoms with E-state index in [-0.39, 0.29) is 5.82 Å². The fourth-order valence-corrected chi connectivity index (χ4v) is 4.14. The number of nitrogens with zero attached hydrogens (tertiary/aromatic N) is 2. The first-order chi connectivity index (χ1) is 11.8. The number of hydrogen-bond acceptors (Lipinski definition) is 2. The number of rotatable bonds is 4. The molecule has 0 saturated carbocycles. The molecule has 0 radical (unpaired) electrons. The first-order valence-electron chi connectivity index (χ1n) is 9.11. The predicted molar refractivity (Wildman–Crippen MR) is 97.1 cm³/mol. The maximum atomic E-state index is 13.0. The zero-order chi connectivity index (χ0) is 16.4. The summed E-state index contributed by atoms with van der Waals surface area (Å²) in [6.07, 6.45) is 4.70. The Kier molecular flexibility index (Phi) is 4.52. The van der Waals surface area contributed by atoms with Gasteiger partial charge in [0.2, 0.25) is 0 Å². The van der Waals surface area contributed by atoms with Crippen LogP contribution in [0.25, 0.3) is 0 Å². The zero-order valence-corrected chi connectivity index (χ0v) is 14.1. The molecule has 0 bridgehead atoms. The van der Waals surface area contributed by atoms with Gasteiger partial charge in [-0.1, -0.05) is 30.3 Å². The van der Waals surface area contributed by atoms with E-state index in [1.807, 2.05) is 12.1 Å². The number of para-hydroxylation sites is 1. The van der Waals surface area contributed by atoms with E-state index in [1.165, 1.54) is 55.7 Å². The standard InChI is InChI=1S/C21H25FN2/c22-19-7-5-17(6-8-19)9-13-23-14-11-20(12-15-23)24-16-10-18-3-1-2-4-21(18)24/h1-8,20H,9-16H2. The molecule has 2 aliphatic rings. The predicted octanol–water partition coefficient (Wildman–Crippen LogP) is 3.90. The summed E-state index contributed by atoms with van der Waals surface area (Å²) in [6.45, 7) is 4.60. The van der Waals surface area contributed by atoms with Crippen molar-refractivity contribution < 1.29 is 4.39 Å². The normalized spacial score (nSPS) is 18.8. The monoisotopic (exact) mass is 324 g/mol. The van der Waals surface area contributed by atoms with Crippen molar-refractivity contribution in [2.24, 2.45) is 0 Å². The molecular weight excluding hydrogens is 299 g/mol. The molecule has 0 atom stereocenters. The Morgan fingerprint density at radius 3 is 2.46 bits per heavy atom. The molecule has 0 aromatic heterocycles. The maximum Gasteiger partial charge on any atom is 0.123 e. The van der Waals surface area contributed by atoms with Crippen molar-refractivity contribution in [3.05, 3.63) is 65.5 Å². The van der Waals surface area contributed by atoms with Gasteiger partial charge in [-0.15, -0.1) is 0 Å². The molecule has 1 fully saturated rings. The van der Waals surface area contributed by atoms with E-state index in [2.05, 4.69) is 34.1 Å². The lowest BCUT2D eigenvalue weighted by molar-refractivity contribution is 0.212. The third-order valence-electron chi connectivity index (χ3n) is 5.55. The Morgan fingerprint density at radius 2 is 1.67 bits per heavy atom. The number of anilines is 1. The molecule has 0 N–H and O–H groups in total. The molecule has 2 nitrogen and oxygen atoms in total. The number of hydrogen-bond donors (Lipinski definition) is 0. The van der Waals surface area contributed by atoms with Crippen LogP contribution in [-0.2, 0) is 12.8 Å². The fraction of sp³-hybridized carbons (Fsp3) is 0.429. The second-order valence-corrected chi connectivity index (χ2v) is 7.02.